The summed E-state index contributed by atoms with van der Waals surface area (Å²) in [6.07, 6.45) is 2.76. The molecule has 3 unspecified atom stereocenters. The molecule has 2 N–H and O–H groups in total. The fraction of sp³-hybridized carbons (Fsp3) is 0.600. The predicted molar refractivity (Wildman–Crippen MR) is 99.8 cm³/mol. The van der Waals surface area contributed by atoms with Crippen molar-refractivity contribution in [3.05, 3.63) is 29.8 Å². The molecule has 1 fully saturated rings. The van der Waals surface area contributed by atoms with Crippen LogP contribution in [0.3, 0.4) is 0 Å². The van der Waals surface area contributed by atoms with Gasteiger partial charge in [0.15, 0.2) is 0 Å². The Balaban J connectivity index is 1.81. The van der Waals surface area contributed by atoms with Crippen LogP contribution in [0, 0.1) is 5.92 Å². The van der Waals surface area contributed by atoms with E-state index in [-0.39, 0.29) is 25.0 Å². The van der Waals surface area contributed by atoms with Gasteiger partial charge in [0.25, 0.3) is 0 Å². The highest BCUT2D eigenvalue weighted by Crippen LogP contribution is 2.21. The highest BCUT2D eigenvalue weighted by atomic mass is 16.5. The van der Waals surface area contributed by atoms with Crippen LogP contribution < -0.4 is 10.1 Å². The van der Waals surface area contributed by atoms with Crippen LogP contribution in [0.4, 0.5) is 0 Å². The molecule has 2 rings (SSSR count). The summed E-state index contributed by atoms with van der Waals surface area (Å²) >= 11 is 0. The van der Waals surface area contributed by atoms with Crippen LogP contribution in [0.5, 0.6) is 5.75 Å². The molecule has 1 aromatic carbocycles. The minimum atomic E-state index is -0.967. The average molecular weight is 379 g/mol. The Hall–Kier alpha value is -2.12. The van der Waals surface area contributed by atoms with Crippen LogP contribution in [-0.2, 0) is 25.5 Å². The number of rotatable bonds is 10. The number of methoxy groups -OCH3 is 1. The van der Waals surface area contributed by atoms with Gasteiger partial charge < -0.3 is 24.6 Å². The van der Waals surface area contributed by atoms with E-state index >= 15 is 0 Å². The molecule has 0 saturated carbocycles. The maximum Gasteiger partial charge on any atom is 0.308 e. The molecule has 1 heterocycles. The molecule has 0 aromatic heterocycles. The van der Waals surface area contributed by atoms with Crippen LogP contribution in [0.1, 0.15) is 31.7 Å². The lowest BCUT2D eigenvalue weighted by Gasteiger charge is -2.24. The minimum absolute atomic E-state index is 0.0276. The predicted octanol–water partition coefficient (Wildman–Crippen LogP) is 2.03. The fourth-order valence-electron chi connectivity index (χ4n) is 3.02. The zero-order valence-corrected chi connectivity index (χ0v) is 16.0. The van der Waals surface area contributed by atoms with Crippen molar-refractivity contribution < 1.29 is 28.9 Å². The van der Waals surface area contributed by atoms with Gasteiger partial charge in [-0.05, 0) is 44.2 Å². The maximum atomic E-state index is 12.2. The summed E-state index contributed by atoms with van der Waals surface area (Å²) in [7, 11) is 1.55. The van der Waals surface area contributed by atoms with Gasteiger partial charge in [-0.3, -0.25) is 9.59 Å². The molecule has 1 aromatic rings. The zero-order valence-electron chi connectivity index (χ0n) is 16.0. The number of carboxylic acid groups (broad SMARTS) is 1. The van der Waals surface area contributed by atoms with Gasteiger partial charge in [-0.25, -0.2) is 0 Å². The van der Waals surface area contributed by atoms with E-state index in [1.807, 2.05) is 18.2 Å². The van der Waals surface area contributed by atoms with E-state index < -0.39 is 18.0 Å². The smallest absolute Gasteiger partial charge is 0.308 e. The molecular formula is C20H29NO6. The number of nitrogens with one attached hydrogen (secondary N) is 1. The third-order valence-electron chi connectivity index (χ3n) is 4.71. The number of hydrogen-bond acceptors (Lipinski definition) is 5. The topological polar surface area (TPSA) is 94.1 Å². The summed E-state index contributed by atoms with van der Waals surface area (Å²) in [5.74, 6) is -1.40. The van der Waals surface area contributed by atoms with Gasteiger partial charge in [-0.15, -0.1) is 0 Å². The standard InChI is InChI=1S/C20H29NO6/c1-14(27-13-17-8-5-6-10-26-17)19(22)21-12-16(20(23)24)11-15-7-3-4-9-18(15)25-2/h3-4,7,9,14,16-17H,5-6,8,10-13H2,1-2H3,(H,21,22)(H,23,24). The Morgan fingerprint density at radius 1 is 1.33 bits per heavy atom. The summed E-state index contributed by atoms with van der Waals surface area (Å²) < 4.78 is 16.4. The Morgan fingerprint density at radius 2 is 2.11 bits per heavy atom. The third-order valence-corrected chi connectivity index (χ3v) is 4.71. The van der Waals surface area contributed by atoms with Crippen molar-refractivity contribution in [3.63, 3.8) is 0 Å². The molecule has 7 nitrogen and oxygen atoms in total. The summed E-state index contributed by atoms with van der Waals surface area (Å²) in [5.41, 5.74) is 0.792. The molecule has 1 saturated heterocycles. The Labute approximate surface area is 160 Å². The minimum Gasteiger partial charge on any atom is -0.496 e. The van der Waals surface area contributed by atoms with E-state index in [4.69, 9.17) is 14.2 Å². The second-order valence-corrected chi connectivity index (χ2v) is 6.76. The van der Waals surface area contributed by atoms with Gasteiger partial charge >= 0.3 is 5.97 Å². The number of carboxylic acids is 1. The summed E-state index contributed by atoms with van der Waals surface area (Å²) in [6, 6.07) is 7.27. The number of benzene rings is 1. The molecule has 27 heavy (non-hydrogen) atoms. The number of para-hydroxylation sites is 1. The summed E-state index contributed by atoms with van der Waals surface area (Å²) in [4.78, 5) is 23.8. The molecule has 1 aliphatic heterocycles. The first-order chi connectivity index (χ1) is 13.0. The van der Waals surface area contributed by atoms with Crippen LogP contribution in [0.25, 0.3) is 0 Å². The zero-order chi connectivity index (χ0) is 19.6. The van der Waals surface area contributed by atoms with Crippen molar-refractivity contribution in [3.8, 4) is 5.75 Å². The highest BCUT2D eigenvalue weighted by molar-refractivity contribution is 5.81. The second-order valence-electron chi connectivity index (χ2n) is 6.76. The van der Waals surface area contributed by atoms with Gasteiger partial charge in [0.05, 0.1) is 25.7 Å². The molecule has 0 radical (unpaired) electrons. The number of aliphatic carboxylic acids is 1. The maximum absolute atomic E-state index is 12.2. The first kappa shape index (κ1) is 21.2. The Kier molecular flexibility index (Phi) is 8.54. The third kappa shape index (κ3) is 6.84. The molecule has 7 heteroatoms. The second kappa shape index (κ2) is 10.9. The summed E-state index contributed by atoms with van der Waals surface area (Å²) in [5, 5.41) is 12.2. The molecule has 1 aliphatic rings. The Morgan fingerprint density at radius 3 is 2.78 bits per heavy atom. The van der Waals surface area contributed by atoms with Gasteiger partial charge in [0.1, 0.15) is 11.9 Å². The molecule has 0 aliphatic carbocycles. The number of amides is 1. The van der Waals surface area contributed by atoms with E-state index in [1.165, 1.54) is 0 Å². The molecular weight excluding hydrogens is 350 g/mol. The normalized spacial score (nSPS) is 19.1. The van der Waals surface area contributed by atoms with Crippen LogP contribution in [0.15, 0.2) is 24.3 Å². The van der Waals surface area contributed by atoms with Gasteiger partial charge in [0.2, 0.25) is 5.91 Å². The number of carbonyl (C=O) groups excluding carboxylic acids is 1. The van der Waals surface area contributed by atoms with Gasteiger partial charge in [0, 0.05) is 13.2 Å². The van der Waals surface area contributed by atoms with E-state index in [0.29, 0.717) is 12.4 Å². The fourth-order valence-corrected chi connectivity index (χ4v) is 3.02. The van der Waals surface area contributed by atoms with Crippen LogP contribution in [-0.4, -0.2) is 56.1 Å². The lowest BCUT2D eigenvalue weighted by atomic mass is 9.98. The van der Waals surface area contributed by atoms with E-state index in [1.54, 1.807) is 20.1 Å². The molecule has 0 bridgehead atoms. The largest absolute Gasteiger partial charge is 0.496 e. The molecule has 0 spiro atoms. The van der Waals surface area contributed by atoms with Crippen molar-refractivity contribution in [2.75, 3.05) is 26.9 Å². The first-order valence-corrected chi connectivity index (χ1v) is 9.37. The van der Waals surface area contributed by atoms with Crippen LogP contribution >= 0.6 is 0 Å². The van der Waals surface area contributed by atoms with E-state index in [2.05, 4.69) is 5.32 Å². The quantitative estimate of drug-likeness (QED) is 0.646. The van der Waals surface area contributed by atoms with Crippen molar-refractivity contribution in [2.24, 2.45) is 5.92 Å². The van der Waals surface area contributed by atoms with Crippen molar-refractivity contribution in [1.82, 2.24) is 5.32 Å². The molecule has 1 amide bonds. The van der Waals surface area contributed by atoms with E-state index in [9.17, 15) is 14.7 Å². The highest BCUT2D eigenvalue weighted by Gasteiger charge is 2.23. The number of hydrogen-bond donors (Lipinski definition) is 2. The van der Waals surface area contributed by atoms with Crippen molar-refractivity contribution >= 4 is 11.9 Å². The lowest BCUT2D eigenvalue weighted by molar-refractivity contribution is -0.142. The molecule has 3 atom stereocenters. The monoisotopic (exact) mass is 379 g/mol. The number of carbonyl (C=O) groups is 2. The van der Waals surface area contributed by atoms with Crippen molar-refractivity contribution in [2.45, 2.75) is 44.8 Å². The summed E-state index contributed by atoms with van der Waals surface area (Å²) in [6.45, 7) is 2.80. The lowest BCUT2D eigenvalue weighted by Crippen LogP contribution is -2.41. The Bertz CT molecular complexity index is 614. The first-order valence-electron chi connectivity index (χ1n) is 9.37. The van der Waals surface area contributed by atoms with Crippen molar-refractivity contribution in [1.29, 1.82) is 0 Å². The van der Waals surface area contributed by atoms with Gasteiger partial charge in [-0.2, -0.15) is 0 Å². The number of ether oxygens (including phenoxy) is 3. The average Bonchev–Trinajstić information content (AvgIpc) is 2.69. The SMILES string of the molecule is COc1ccccc1CC(CNC(=O)C(C)OCC1CCCCO1)C(=O)O. The van der Waals surface area contributed by atoms with Crippen LogP contribution in [0.2, 0.25) is 0 Å². The van der Waals surface area contributed by atoms with E-state index in [0.717, 1.165) is 31.4 Å². The van der Waals surface area contributed by atoms with Gasteiger partial charge in [-0.1, -0.05) is 18.2 Å². The molecule has 150 valence electrons.